The fraction of sp³-hybridized carbons (Fsp3) is 0. The van der Waals surface area contributed by atoms with Gasteiger partial charge in [-0.3, -0.25) is 0 Å². The van der Waals surface area contributed by atoms with Crippen molar-refractivity contribution in [2.24, 2.45) is 0 Å². The molecular formula is C45H27N3S. The summed E-state index contributed by atoms with van der Waals surface area (Å²) < 4.78 is 2.69. The summed E-state index contributed by atoms with van der Waals surface area (Å²) >= 11 is 1.90. The van der Waals surface area contributed by atoms with Gasteiger partial charge in [-0.15, -0.1) is 11.3 Å². The third-order valence-electron chi connectivity index (χ3n) is 9.48. The van der Waals surface area contributed by atoms with Crippen LogP contribution >= 0.6 is 11.3 Å². The maximum atomic E-state index is 4.97. The van der Waals surface area contributed by atoms with Crippen LogP contribution in [0.15, 0.2) is 164 Å². The molecule has 4 heteroatoms. The van der Waals surface area contributed by atoms with Crippen LogP contribution in [-0.4, -0.2) is 15.0 Å². The number of hydrogen-bond acceptors (Lipinski definition) is 4. The quantitative estimate of drug-likeness (QED) is 0.180. The van der Waals surface area contributed by atoms with E-state index in [1.165, 1.54) is 52.5 Å². The molecule has 3 nitrogen and oxygen atoms in total. The van der Waals surface area contributed by atoms with Crippen molar-refractivity contribution >= 4 is 63.8 Å². The molecule has 0 aliphatic heterocycles. The Bertz CT molecular complexity index is 2820. The highest BCUT2D eigenvalue weighted by atomic mass is 32.1. The highest BCUT2D eigenvalue weighted by Gasteiger charge is 2.15. The molecule has 0 saturated carbocycles. The minimum Gasteiger partial charge on any atom is -0.208 e. The third kappa shape index (κ3) is 4.68. The maximum absolute atomic E-state index is 4.97. The van der Waals surface area contributed by atoms with Crippen molar-refractivity contribution in [3.05, 3.63) is 164 Å². The molecule has 8 aromatic carbocycles. The van der Waals surface area contributed by atoms with E-state index in [1.54, 1.807) is 0 Å². The SMILES string of the molecule is c1ccc(-c2nc(-c3ccccc3)nc(-c3cccc(-c4ccc5c(ccc6ccc7ccc8c9ccccc9sc8c7c65)c4)c3)n2)cc1. The number of thiophene rings is 1. The van der Waals surface area contributed by atoms with Crippen LogP contribution in [0.3, 0.4) is 0 Å². The minimum absolute atomic E-state index is 0.653. The van der Waals surface area contributed by atoms with E-state index in [0.29, 0.717) is 17.5 Å². The number of fused-ring (bicyclic) bond motifs is 9. The Kier molecular flexibility index (Phi) is 6.36. The molecule has 10 rings (SSSR count). The van der Waals surface area contributed by atoms with Crippen molar-refractivity contribution in [3.63, 3.8) is 0 Å². The molecule has 0 spiro atoms. The summed E-state index contributed by atoms with van der Waals surface area (Å²) in [5.41, 5.74) is 5.14. The van der Waals surface area contributed by atoms with Gasteiger partial charge in [0.15, 0.2) is 17.5 Å². The van der Waals surface area contributed by atoms with Crippen LogP contribution in [0.5, 0.6) is 0 Å². The molecule has 0 amide bonds. The lowest BCUT2D eigenvalue weighted by molar-refractivity contribution is 1.07. The second-order valence-corrected chi connectivity index (χ2v) is 13.5. The first-order chi connectivity index (χ1) is 24.3. The van der Waals surface area contributed by atoms with E-state index >= 15 is 0 Å². The van der Waals surface area contributed by atoms with Crippen LogP contribution in [0.4, 0.5) is 0 Å². The van der Waals surface area contributed by atoms with Crippen LogP contribution < -0.4 is 0 Å². The Labute approximate surface area is 286 Å². The number of aromatic nitrogens is 3. The highest BCUT2D eigenvalue weighted by molar-refractivity contribution is 7.26. The molecule has 0 fully saturated rings. The second-order valence-electron chi connectivity index (χ2n) is 12.4. The Morgan fingerprint density at radius 1 is 0.327 bits per heavy atom. The van der Waals surface area contributed by atoms with Crippen molar-refractivity contribution in [3.8, 4) is 45.3 Å². The summed E-state index contributed by atoms with van der Waals surface area (Å²) in [5, 5.41) is 10.3. The summed E-state index contributed by atoms with van der Waals surface area (Å²) in [6.45, 7) is 0. The fourth-order valence-electron chi connectivity index (χ4n) is 7.10. The predicted molar refractivity (Wildman–Crippen MR) is 207 cm³/mol. The fourth-order valence-corrected chi connectivity index (χ4v) is 8.36. The van der Waals surface area contributed by atoms with Crippen LogP contribution in [0.2, 0.25) is 0 Å². The lowest BCUT2D eigenvalue weighted by Crippen LogP contribution is -2.00. The van der Waals surface area contributed by atoms with Gasteiger partial charge in [0.2, 0.25) is 0 Å². The van der Waals surface area contributed by atoms with E-state index in [4.69, 9.17) is 15.0 Å². The molecule has 0 saturated heterocycles. The average Bonchev–Trinajstić information content (AvgIpc) is 3.57. The largest absolute Gasteiger partial charge is 0.208 e. The van der Waals surface area contributed by atoms with Gasteiger partial charge in [-0.05, 0) is 56.3 Å². The van der Waals surface area contributed by atoms with Crippen molar-refractivity contribution in [1.29, 1.82) is 0 Å². The molecule has 0 unspecified atom stereocenters. The normalized spacial score (nSPS) is 11.7. The lowest BCUT2D eigenvalue weighted by Gasteiger charge is -2.12. The van der Waals surface area contributed by atoms with E-state index < -0.39 is 0 Å². The standard InChI is InChI=1S/C45H27N3S/c1-3-10-30(11-4-1)43-46-44(31-12-5-2-6-13-31)48-45(47-43)35-15-9-14-32(27-35)33-23-24-36-34(26-33)21-20-28-18-19-29-22-25-38-37-16-7-8-17-39(37)49-42(38)41(29)40(28)36/h1-27H. The Balaban J connectivity index is 1.12. The molecule has 228 valence electrons. The van der Waals surface area contributed by atoms with Crippen molar-refractivity contribution in [2.75, 3.05) is 0 Å². The Morgan fingerprint density at radius 2 is 0.857 bits per heavy atom. The van der Waals surface area contributed by atoms with Gasteiger partial charge in [0, 0.05) is 42.2 Å². The van der Waals surface area contributed by atoms with Gasteiger partial charge in [-0.1, -0.05) is 146 Å². The first-order valence-corrected chi connectivity index (χ1v) is 17.3. The van der Waals surface area contributed by atoms with Crippen LogP contribution in [0.1, 0.15) is 0 Å². The summed E-state index contributed by atoms with van der Waals surface area (Å²) in [7, 11) is 0. The number of nitrogens with zero attached hydrogens (tertiary/aromatic N) is 3. The van der Waals surface area contributed by atoms with E-state index in [-0.39, 0.29) is 0 Å². The molecular weight excluding hydrogens is 615 g/mol. The van der Waals surface area contributed by atoms with Gasteiger partial charge in [0.05, 0.1) is 0 Å². The van der Waals surface area contributed by atoms with E-state index in [1.807, 2.05) is 72.0 Å². The molecule has 2 heterocycles. The molecule has 2 aromatic heterocycles. The van der Waals surface area contributed by atoms with Crippen LogP contribution in [0.25, 0.3) is 97.8 Å². The first kappa shape index (κ1) is 27.8. The first-order valence-electron chi connectivity index (χ1n) is 16.4. The predicted octanol–water partition coefficient (Wildman–Crippen LogP) is 12.4. The zero-order chi connectivity index (χ0) is 32.3. The van der Waals surface area contributed by atoms with E-state index in [9.17, 15) is 0 Å². The second kappa shape index (κ2) is 11.2. The molecule has 0 atom stereocenters. The molecule has 10 aromatic rings. The van der Waals surface area contributed by atoms with Crippen LogP contribution in [0, 0.1) is 0 Å². The topological polar surface area (TPSA) is 38.7 Å². The lowest BCUT2D eigenvalue weighted by atomic mass is 9.93. The maximum Gasteiger partial charge on any atom is 0.164 e. The van der Waals surface area contributed by atoms with E-state index in [2.05, 4.69) is 103 Å². The third-order valence-corrected chi connectivity index (χ3v) is 10.7. The average molecular weight is 642 g/mol. The van der Waals surface area contributed by atoms with Gasteiger partial charge in [-0.25, -0.2) is 15.0 Å². The van der Waals surface area contributed by atoms with Crippen molar-refractivity contribution in [1.82, 2.24) is 15.0 Å². The van der Waals surface area contributed by atoms with Gasteiger partial charge in [0.25, 0.3) is 0 Å². The van der Waals surface area contributed by atoms with Gasteiger partial charge in [-0.2, -0.15) is 0 Å². The zero-order valence-electron chi connectivity index (χ0n) is 26.3. The minimum atomic E-state index is 0.653. The number of benzene rings is 8. The Morgan fingerprint density at radius 3 is 1.59 bits per heavy atom. The highest BCUT2D eigenvalue weighted by Crippen LogP contribution is 2.43. The number of rotatable bonds is 4. The van der Waals surface area contributed by atoms with Crippen LogP contribution in [-0.2, 0) is 0 Å². The summed E-state index contributed by atoms with van der Waals surface area (Å²) in [4.78, 5) is 14.8. The molecule has 0 aliphatic carbocycles. The summed E-state index contributed by atoms with van der Waals surface area (Å²) in [5.74, 6) is 1.97. The van der Waals surface area contributed by atoms with Gasteiger partial charge >= 0.3 is 0 Å². The smallest absolute Gasteiger partial charge is 0.164 e. The summed E-state index contributed by atoms with van der Waals surface area (Å²) in [6.07, 6.45) is 0. The molecule has 0 N–H and O–H groups in total. The molecule has 49 heavy (non-hydrogen) atoms. The van der Waals surface area contributed by atoms with Crippen molar-refractivity contribution in [2.45, 2.75) is 0 Å². The summed E-state index contributed by atoms with van der Waals surface area (Å²) in [6, 6.07) is 58.0. The molecule has 0 aliphatic rings. The van der Waals surface area contributed by atoms with E-state index in [0.717, 1.165) is 27.8 Å². The van der Waals surface area contributed by atoms with Crippen molar-refractivity contribution < 1.29 is 0 Å². The monoisotopic (exact) mass is 641 g/mol. The zero-order valence-corrected chi connectivity index (χ0v) is 27.2. The molecule has 0 bridgehead atoms. The Hall–Kier alpha value is -6.23. The molecule has 0 radical (unpaired) electrons. The van der Waals surface area contributed by atoms with Gasteiger partial charge in [0.1, 0.15) is 0 Å². The number of hydrogen-bond donors (Lipinski definition) is 0. The van der Waals surface area contributed by atoms with Gasteiger partial charge < -0.3 is 0 Å².